The summed E-state index contributed by atoms with van der Waals surface area (Å²) < 4.78 is 0. The molecule has 0 radical (unpaired) electrons. The Kier molecular flexibility index (Phi) is 13.2. The zero-order valence-corrected chi connectivity index (χ0v) is 19.6. The smallest absolute Gasteiger partial charge is 0.191 e. The molecule has 0 unspecified atom stereocenters. The minimum atomic E-state index is 0. The van der Waals surface area contributed by atoms with Gasteiger partial charge in [-0.3, -0.25) is 4.99 Å². The highest BCUT2D eigenvalue weighted by atomic mass is 127. The van der Waals surface area contributed by atoms with Gasteiger partial charge in [-0.1, -0.05) is 25.3 Å². The molecule has 1 heterocycles. The second-order valence-electron chi connectivity index (χ2n) is 7.51. The van der Waals surface area contributed by atoms with Gasteiger partial charge in [0.05, 0.1) is 0 Å². The van der Waals surface area contributed by atoms with Crippen LogP contribution < -0.4 is 16.0 Å². The van der Waals surface area contributed by atoms with Crippen LogP contribution in [0.1, 0.15) is 58.3 Å². The van der Waals surface area contributed by atoms with E-state index in [0.29, 0.717) is 0 Å². The summed E-state index contributed by atoms with van der Waals surface area (Å²) >= 11 is 0. The quantitative estimate of drug-likeness (QED) is 0.160. The summed E-state index contributed by atoms with van der Waals surface area (Å²) in [7, 11) is 0. The Morgan fingerprint density at radius 3 is 2.61 bits per heavy atom. The van der Waals surface area contributed by atoms with E-state index in [1.807, 2.05) is 18.2 Å². The van der Waals surface area contributed by atoms with Crippen molar-refractivity contribution in [2.45, 2.75) is 58.3 Å². The molecular formula is C21H38IN5O. The Labute approximate surface area is 187 Å². The van der Waals surface area contributed by atoms with Crippen molar-refractivity contribution in [1.29, 1.82) is 0 Å². The van der Waals surface area contributed by atoms with E-state index >= 15 is 0 Å². The molecular weight excluding hydrogens is 465 g/mol. The van der Waals surface area contributed by atoms with Gasteiger partial charge in [0.2, 0.25) is 0 Å². The van der Waals surface area contributed by atoms with Crippen molar-refractivity contribution in [1.82, 2.24) is 15.6 Å². The van der Waals surface area contributed by atoms with Crippen molar-refractivity contribution in [3.63, 3.8) is 0 Å². The maximum absolute atomic E-state index is 9.47. The van der Waals surface area contributed by atoms with Gasteiger partial charge in [-0.05, 0) is 56.6 Å². The van der Waals surface area contributed by atoms with Crippen molar-refractivity contribution in [3.05, 3.63) is 24.4 Å². The Bertz CT molecular complexity index is 529. The number of nitrogens with one attached hydrogen (secondary N) is 3. The lowest BCUT2D eigenvalue weighted by Crippen LogP contribution is -2.39. The Hall–Kier alpha value is -1.09. The fourth-order valence-electron chi connectivity index (χ4n) is 3.76. The molecule has 6 nitrogen and oxygen atoms in total. The van der Waals surface area contributed by atoms with Crippen LogP contribution >= 0.6 is 24.0 Å². The normalized spacial score (nSPS) is 16.1. The van der Waals surface area contributed by atoms with E-state index < -0.39 is 0 Å². The van der Waals surface area contributed by atoms with Gasteiger partial charge in [-0.25, -0.2) is 4.98 Å². The number of pyridine rings is 1. The Morgan fingerprint density at radius 2 is 1.93 bits per heavy atom. The molecule has 0 atom stereocenters. The van der Waals surface area contributed by atoms with Crippen LogP contribution in [0.25, 0.3) is 0 Å². The van der Waals surface area contributed by atoms with Crippen molar-refractivity contribution in [2.75, 3.05) is 38.1 Å². The lowest BCUT2D eigenvalue weighted by atomic mass is 9.72. The summed E-state index contributed by atoms with van der Waals surface area (Å²) in [5, 5.41) is 19.6. The largest absolute Gasteiger partial charge is 0.396 e. The zero-order valence-electron chi connectivity index (χ0n) is 17.3. The summed E-state index contributed by atoms with van der Waals surface area (Å²) in [6.45, 7) is 5.86. The summed E-state index contributed by atoms with van der Waals surface area (Å²) in [6.07, 6.45) is 11.1. The van der Waals surface area contributed by atoms with Crippen LogP contribution in [0.2, 0.25) is 0 Å². The molecule has 0 saturated heterocycles. The fourth-order valence-corrected chi connectivity index (χ4v) is 3.76. The second kappa shape index (κ2) is 14.8. The van der Waals surface area contributed by atoms with E-state index in [9.17, 15) is 5.11 Å². The van der Waals surface area contributed by atoms with Crippen molar-refractivity contribution < 1.29 is 5.11 Å². The Balaban J connectivity index is 0.00000392. The molecule has 1 fully saturated rings. The molecule has 1 aliphatic rings. The van der Waals surface area contributed by atoms with Gasteiger partial charge in [0.1, 0.15) is 5.82 Å². The third kappa shape index (κ3) is 9.41. The average molecular weight is 503 g/mol. The molecule has 4 N–H and O–H groups in total. The van der Waals surface area contributed by atoms with Crippen molar-refractivity contribution >= 4 is 35.8 Å². The highest BCUT2D eigenvalue weighted by Crippen LogP contribution is 2.39. The third-order valence-corrected chi connectivity index (χ3v) is 5.34. The SMILES string of the molecule is CCNC(=NCC1(CCO)CCCCC1)NCCCCNc1ccccn1.I. The highest BCUT2D eigenvalue weighted by Gasteiger charge is 2.31. The predicted octanol–water partition coefficient (Wildman–Crippen LogP) is 3.78. The summed E-state index contributed by atoms with van der Waals surface area (Å²) in [5.41, 5.74) is 0.196. The lowest BCUT2D eigenvalue weighted by Gasteiger charge is -2.35. The van der Waals surface area contributed by atoms with E-state index in [4.69, 9.17) is 4.99 Å². The van der Waals surface area contributed by atoms with E-state index in [2.05, 4.69) is 27.9 Å². The molecule has 0 bridgehead atoms. The molecule has 1 saturated carbocycles. The van der Waals surface area contributed by atoms with E-state index in [0.717, 1.165) is 57.2 Å². The van der Waals surface area contributed by atoms with Gasteiger partial charge in [0.25, 0.3) is 0 Å². The molecule has 1 aromatic heterocycles. The van der Waals surface area contributed by atoms with Gasteiger partial charge in [-0.15, -0.1) is 24.0 Å². The van der Waals surface area contributed by atoms with Gasteiger partial charge >= 0.3 is 0 Å². The van der Waals surface area contributed by atoms with Crippen LogP contribution in [0, 0.1) is 5.41 Å². The van der Waals surface area contributed by atoms with Crippen molar-refractivity contribution in [2.24, 2.45) is 10.4 Å². The molecule has 1 aliphatic carbocycles. The number of aliphatic hydroxyl groups is 1. The predicted molar refractivity (Wildman–Crippen MR) is 129 cm³/mol. The van der Waals surface area contributed by atoms with Crippen LogP contribution in [-0.4, -0.2) is 48.8 Å². The van der Waals surface area contributed by atoms with E-state index in [1.54, 1.807) is 6.20 Å². The molecule has 160 valence electrons. The first-order valence-corrected chi connectivity index (χ1v) is 10.6. The van der Waals surface area contributed by atoms with Crippen LogP contribution in [0.3, 0.4) is 0 Å². The molecule has 0 spiro atoms. The molecule has 1 aromatic rings. The molecule has 0 aromatic carbocycles. The molecule has 0 amide bonds. The van der Waals surface area contributed by atoms with Gasteiger partial charge < -0.3 is 21.1 Å². The number of hydrogen-bond donors (Lipinski definition) is 4. The third-order valence-electron chi connectivity index (χ3n) is 5.34. The number of unbranched alkanes of at least 4 members (excludes halogenated alkanes) is 1. The number of aromatic nitrogens is 1. The first-order chi connectivity index (χ1) is 13.3. The first-order valence-electron chi connectivity index (χ1n) is 10.6. The molecule has 28 heavy (non-hydrogen) atoms. The number of aliphatic imine (C=N–C) groups is 1. The summed E-state index contributed by atoms with van der Waals surface area (Å²) in [5.74, 6) is 1.83. The van der Waals surface area contributed by atoms with Crippen LogP contribution in [0.4, 0.5) is 5.82 Å². The standard InChI is InChI=1S/C21H37N5O.HI/c1-2-22-20(26-18-21(13-17-27)11-5-3-6-12-21)25-16-9-8-15-24-19-10-4-7-14-23-19;/h4,7,10,14,27H,2-3,5-6,8-9,11-13,15-18H2,1H3,(H,23,24)(H2,22,25,26);1H. The van der Waals surface area contributed by atoms with Crippen LogP contribution in [-0.2, 0) is 0 Å². The highest BCUT2D eigenvalue weighted by molar-refractivity contribution is 14.0. The van der Waals surface area contributed by atoms with E-state index in [-0.39, 0.29) is 36.0 Å². The number of guanidine groups is 1. The maximum atomic E-state index is 9.47. The van der Waals surface area contributed by atoms with Gasteiger partial charge in [-0.2, -0.15) is 0 Å². The van der Waals surface area contributed by atoms with Crippen LogP contribution in [0.5, 0.6) is 0 Å². The topological polar surface area (TPSA) is 81.6 Å². The molecule has 7 heteroatoms. The minimum absolute atomic E-state index is 0. The number of hydrogen-bond acceptors (Lipinski definition) is 4. The second-order valence-corrected chi connectivity index (χ2v) is 7.51. The van der Waals surface area contributed by atoms with Crippen LogP contribution in [0.15, 0.2) is 29.4 Å². The monoisotopic (exact) mass is 503 g/mol. The van der Waals surface area contributed by atoms with Crippen molar-refractivity contribution in [3.8, 4) is 0 Å². The van der Waals surface area contributed by atoms with Gasteiger partial charge in [0.15, 0.2) is 5.96 Å². The summed E-state index contributed by atoms with van der Waals surface area (Å²) in [4.78, 5) is 9.12. The zero-order chi connectivity index (χ0) is 19.2. The molecule has 0 aliphatic heterocycles. The maximum Gasteiger partial charge on any atom is 0.191 e. The summed E-state index contributed by atoms with van der Waals surface area (Å²) in [6, 6.07) is 5.91. The van der Waals surface area contributed by atoms with E-state index in [1.165, 1.54) is 32.1 Å². The minimum Gasteiger partial charge on any atom is -0.396 e. The number of anilines is 1. The number of aliphatic hydroxyl groups excluding tert-OH is 1. The first kappa shape index (κ1) is 24.9. The number of nitrogens with zero attached hydrogens (tertiary/aromatic N) is 2. The van der Waals surface area contributed by atoms with Gasteiger partial charge in [0, 0.05) is 39.0 Å². The Morgan fingerprint density at radius 1 is 1.14 bits per heavy atom. The molecule has 2 rings (SSSR count). The lowest BCUT2D eigenvalue weighted by molar-refractivity contribution is 0.137. The fraction of sp³-hybridized carbons (Fsp3) is 0.714. The number of halogens is 1. The number of rotatable bonds is 11. The average Bonchev–Trinajstić information content (AvgIpc) is 2.70.